The molecule has 0 bridgehead atoms. The number of hydrogen-bond donors (Lipinski definition) is 3. The van der Waals surface area contributed by atoms with Crippen molar-refractivity contribution in [3.05, 3.63) is 53.9 Å². The molecule has 0 saturated carbocycles. The normalized spacial score (nSPS) is 9.95. The summed E-state index contributed by atoms with van der Waals surface area (Å²) in [7, 11) is 0. The van der Waals surface area contributed by atoms with Gasteiger partial charge in [-0.1, -0.05) is 6.07 Å². The number of aromatic hydroxyl groups is 1. The molecule has 1 heterocycles. The van der Waals surface area contributed by atoms with Crippen LogP contribution in [0, 0.1) is 6.92 Å². The highest BCUT2D eigenvalue weighted by atomic mass is 16.3. The SMILES string of the molecule is Cc1ccc(NC(=O)C(=O)NCc2ccncc2)c(O)c1. The zero-order valence-corrected chi connectivity index (χ0v) is 11.5. The van der Waals surface area contributed by atoms with Crippen molar-refractivity contribution in [2.45, 2.75) is 13.5 Å². The lowest BCUT2D eigenvalue weighted by Gasteiger charge is -2.08. The first kappa shape index (κ1) is 14.5. The van der Waals surface area contributed by atoms with Gasteiger partial charge in [0.2, 0.25) is 0 Å². The van der Waals surface area contributed by atoms with Crippen molar-refractivity contribution >= 4 is 17.5 Å². The monoisotopic (exact) mass is 285 g/mol. The quantitative estimate of drug-likeness (QED) is 0.586. The number of carbonyl (C=O) groups is 2. The van der Waals surface area contributed by atoms with E-state index in [1.165, 1.54) is 6.07 Å². The second-order valence-electron chi connectivity index (χ2n) is 4.51. The van der Waals surface area contributed by atoms with E-state index in [1.54, 1.807) is 36.7 Å². The molecule has 0 aliphatic rings. The van der Waals surface area contributed by atoms with Gasteiger partial charge in [0, 0.05) is 18.9 Å². The standard InChI is InChI=1S/C15H15N3O3/c1-10-2-3-12(13(19)8-10)18-15(21)14(20)17-9-11-4-6-16-7-5-11/h2-8,19H,9H2,1H3,(H,17,20)(H,18,21). The highest BCUT2D eigenvalue weighted by Crippen LogP contribution is 2.23. The highest BCUT2D eigenvalue weighted by Gasteiger charge is 2.14. The minimum atomic E-state index is -0.830. The topological polar surface area (TPSA) is 91.3 Å². The van der Waals surface area contributed by atoms with Crippen LogP contribution >= 0.6 is 0 Å². The summed E-state index contributed by atoms with van der Waals surface area (Å²) in [5, 5.41) is 14.5. The third kappa shape index (κ3) is 4.04. The van der Waals surface area contributed by atoms with Gasteiger partial charge in [-0.05, 0) is 42.3 Å². The Morgan fingerprint density at radius 3 is 2.52 bits per heavy atom. The fraction of sp³-hybridized carbons (Fsp3) is 0.133. The average Bonchev–Trinajstić information content (AvgIpc) is 2.48. The van der Waals surface area contributed by atoms with E-state index in [1.807, 2.05) is 6.92 Å². The van der Waals surface area contributed by atoms with Gasteiger partial charge in [-0.3, -0.25) is 14.6 Å². The maximum atomic E-state index is 11.7. The molecule has 6 nitrogen and oxygen atoms in total. The Labute approximate surface area is 121 Å². The Hall–Kier alpha value is -2.89. The average molecular weight is 285 g/mol. The smallest absolute Gasteiger partial charge is 0.313 e. The fourth-order valence-corrected chi connectivity index (χ4v) is 1.69. The van der Waals surface area contributed by atoms with Gasteiger partial charge in [-0.25, -0.2) is 0 Å². The maximum Gasteiger partial charge on any atom is 0.313 e. The van der Waals surface area contributed by atoms with Crippen molar-refractivity contribution in [3.8, 4) is 5.75 Å². The number of pyridine rings is 1. The van der Waals surface area contributed by atoms with Gasteiger partial charge in [0.25, 0.3) is 0 Å². The van der Waals surface area contributed by atoms with E-state index < -0.39 is 11.8 Å². The molecular formula is C15H15N3O3. The Bertz CT molecular complexity index is 656. The minimum Gasteiger partial charge on any atom is -0.506 e. The lowest BCUT2D eigenvalue weighted by atomic mass is 10.2. The van der Waals surface area contributed by atoms with E-state index in [2.05, 4.69) is 15.6 Å². The first-order valence-corrected chi connectivity index (χ1v) is 6.34. The van der Waals surface area contributed by atoms with Crippen molar-refractivity contribution in [1.29, 1.82) is 0 Å². The van der Waals surface area contributed by atoms with Crippen LogP contribution in [-0.2, 0) is 16.1 Å². The number of aromatic nitrogens is 1. The summed E-state index contributed by atoms with van der Waals surface area (Å²) >= 11 is 0. The minimum absolute atomic E-state index is 0.0784. The number of aryl methyl sites for hydroxylation is 1. The third-order valence-electron chi connectivity index (χ3n) is 2.81. The summed E-state index contributed by atoms with van der Waals surface area (Å²) in [5.41, 5.74) is 1.89. The first-order chi connectivity index (χ1) is 10.1. The number of hydrogen-bond acceptors (Lipinski definition) is 4. The molecule has 6 heteroatoms. The van der Waals surface area contributed by atoms with Crippen molar-refractivity contribution in [3.63, 3.8) is 0 Å². The zero-order valence-electron chi connectivity index (χ0n) is 11.5. The Morgan fingerprint density at radius 2 is 1.86 bits per heavy atom. The van der Waals surface area contributed by atoms with Gasteiger partial charge in [0.1, 0.15) is 5.75 Å². The largest absolute Gasteiger partial charge is 0.506 e. The number of benzene rings is 1. The van der Waals surface area contributed by atoms with Crippen LogP contribution in [-0.4, -0.2) is 21.9 Å². The molecule has 3 N–H and O–H groups in total. The Kier molecular flexibility index (Phi) is 4.50. The number of rotatable bonds is 3. The third-order valence-corrected chi connectivity index (χ3v) is 2.81. The van der Waals surface area contributed by atoms with Gasteiger partial charge < -0.3 is 15.7 Å². The van der Waals surface area contributed by atoms with E-state index in [9.17, 15) is 14.7 Å². The van der Waals surface area contributed by atoms with Gasteiger partial charge in [0.15, 0.2) is 0 Å². The molecule has 0 fully saturated rings. The molecule has 0 atom stereocenters. The van der Waals surface area contributed by atoms with Gasteiger partial charge in [0.05, 0.1) is 5.69 Å². The lowest BCUT2D eigenvalue weighted by Crippen LogP contribution is -2.34. The second kappa shape index (κ2) is 6.51. The summed E-state index contributed by atoms with van der Waals surface area (Å²) in [6.45, 7) is 2.04. The van der Waals surface area contributed by atoms with E-state index in [-0.39, 0.29) is 18.0 Å². The number of phenols is 1. The molecule has 0 radical (unpaired) electrons. The number of phenolic OH excluding ortho intramolecular Hbond substituents is 1. The molecule has 0 unspecified atom stereocenters. The number of nitrogens with one attached hydrogen (secondary N) is 2. The number of amides is 2. The van der Waals surface area contributed by atoms with Crippen molar-refractivity contribution in [2.75, 3.05) is 5.32 Å². The predicted octanol–water partition coefficient (Wildman–Crippen LogP) is 1.35. The van der Waals surface area contributed by atoms with Crippen LogP contribution in [0.4, 0.5) is 5.69 Å². The summed E-state index contributed by atoms with van der Waals surface area (Å²) < 4.78 is 0. The molecule has 2 aromatic rings. The summed E-state index contributed by atoms with van der Waals surface area (Å²) in [4.78, 5) is 27.3. The van der Waals surface area contributed by atoms with E-state index in [0.29, 0.717) is 0 Å². The second-order valence-corrected chi connectivity index (χ2v) is 4.51. The van der Waals surface area contributed by atoms with Crippen molar-refractivity contribution < 1.29 is 14.7 Å². The number of carbonyl (C=O) groups excluding carboxylic acids is 2. The molecule has 0 aliphatic heterocycles. The Balaban J connectivity index is 1.92. The van der Waals surface area contributed by atoms with Crippen LogP contribution in [0.3, 0.4) is 0 Å². The molecule has 21 heavy (non-hydrogen) atoms. The van der Waals surface area contributed by atoms with Crippen LogP contribution in [0.2, 0.25) is 0 Å². The molecule has 2 rings (SSSR count). The molecule has 2 amide bonds. The molecule has 108 valence electrons. The van der Waals surface area contributed by atoms with Crippen LogP contribution in [0.5, 0.6) is 5.75 Å². The van der Waals surface area contributed by atoms with E-state index >= 15 is 0 Å². The number of anilines is 1. The van der Waals surface area contributed by atoms with Crippen molar-refractivity contribution in [1.82, 2.24) is 10.3 Å². The number of nitrogens with zero attached hydrogens (tertiary/aromatic N) is 1. The van der Waals surface area contributed by atoms with E-state index in [4.69, 9.17) is 0 Å². The molecule has 1 aromatic heterocycles. The summed E-state index contributed by atoms with van der Waals surface area (Å²) in [6.07, 6.45) is 3.21. The van der Waals surface area contributed by atoms with Gasteiger partial charge in [-0.15, -0.1) is 0 Å². The van der Waals surface area contributed by atoms with Crippen molar-refractivity contribution in [2.24, 2.45) is 0 Å². The van der Waals surface area contributed by atoms with Gasteiger partial charge in [-0.2, -0.15) is 0 Å². The summed E-state index contributed by atoms with van der Waals surface area (Å²) in [6, 6.07) is 8.25. The van der Waals surface area contributed by atoms with Crippen LogP contribution < -0.4 is 10.6 Å². The van der Waals surface area contributed by atoms with Gasteiger partial charge >= 0.3 is 11.8 Å². The summed E-state index contributed by atoms with van der Waals surface area (Å²) in [5.74, 6) is -1.68. The van der Waals surface area contributed by atoms with Crippen LogP contribution in [0.15, 0.2) is 42.7 Å². The first-order valence-electron chi connectivity index (χ1n) is 6.34. The fourth-order valence-electron chi connectivity index (χ4n) is 1.69. The molecular weight excluding hydrogens is 270 g/mol. The molecule has 0 saturated heterocycles. The molecule has 1 aromatic carbocycles. The predicted molar refractivity (Wildman–Crippen MR) is 77.6 cm³/mol. The maximum absolute atomic E-state index is 11.7. The Morgan fingerprint density at radius 1 is 1.14 bits per heavy atom. The lowest BCUT2D eigenvalue weighted by molar-refractivity contribution is -0.136. The molecule has 0 aliphatic carbocycles. The molecule has 0 spiro atoms. The zero-order chi connectivity index (χ0) is 15.2. The van der Waals surface area contributed by atoms with E-state index in [0.717, 1.165) is 11.1 Å². The highest BCUT2D eigenvalue weighted by molar-refractivity contribution is 6.39. The van der Waals surface area contributed by atoms with Crippen LogP contribution in [0.25, 0.3) is 0 Å². The van der Waals surface area contributed by atoms with Crippen LogP contribution in [0.1, 0.15) is 11.1 Å².